The fourth-order valence-electron chi connectivity index (χ4n) is 5.01. The SMILES string of the molecule is COC(=O)C(c1ccc(F)cc1)N1CCC(N2CCN(c3ccc(C(N)=NO)cc3)CC2)CC1. The summed E-state index contributed by atoms with van der Waals surface area (Å²) in [7, 11) is 1.40. The Bertz CT molecular complexity index is 983. The highest BCUT2D eigenvalue weighted by Gasteiger charge is 2.34. The first-order valence-corrected chi connectivity index (χ1v) is 11.6. The lowest BCUT2D eigenvalue weighted by atomic mass is 9.97. The van der Waals surface area contributed by atoms with Crippen LogP contribution in [0.4, 0.5) is 10.1 Å². The molecule has 9 heteroatoms. The maximum atomic E-state index is 13.4. The molecule has 0 amide bonds. The third-order valence-corrected chi connectivity index (χ3v) is 6.94. The minimum atomic E-state index is -0.503. The molecule has 2 heterocycles. The van der Waals surface area contributed by atoms with E-state index in [1.807, 2.05) is 24.3 Å². The number of piperidine rings is 1. The van der Waals surface area contributed by atoms with Gasteiger partial charge in [-0.05, 0) is 54.8 Å². The van der Waals surface area contributed by atoms with Crippen LogP contribution in [0.25, 0.3) is 0 Å². The van der Waals surface area contributed by atoms with Crippen LogP contribution in [0.5, 0.6) is 0 Å². The summed E-state index contributed by atoms with van der Waals surface area (Å²) in [6.07, 6.45) is 1.95. The fourth-order valence-corrected chi connectivity index (χ4v) is 5.01. The number of oxime groups is 1. The Hall–Kier alpha value is -3.17. The summed E-state index contributed by atoms with van der Waals surface area (Å²) < 4.78 is 18.4. The largest absolute Gasteiger partial charge is 0.468 e. The second kappa shape index (κ2) is 10.8. The second-order valence-electron chi connectivity index (χ2n) is 8.80. The molecule has 2 aliphatic heterocycles. The van der Waals surface area contributed by atoms with Gasteiger partial charge in [0.05, 0.1) is 7.11 Å². The average Bonchev–Trinajstić information content (AvgIpc) is 2.90. The lowest BCUT2D eigenvalue weighted by molar-refractivity contribution is -0.148. The molecule has 2 aliphatic rings. The molecule has 4 rings (SSSR count). The van der Waals surface area contributed by atoms with Crippen LogP contribution >= 0.6 is 0 Å². The predicted molar refractivity (Wildman–Crippen MR) is 128 cm³/mol. The van der Waals surface area contributed by atoms with E-state index in [9.17, 15) is 9.18 Å². The van der Waals surface area contributed by atoms with Crippen LogP contribution in [0.3, 0.4) is 0 Å². The summed E-state index contributed by atoms with van der Waals surface area (Å²) in [6, 6.07) is 13.8. The molecule has 2 saturated heterocycles. The number of amidine groups is 1. The molecule has 2 aromatic rings. The Morgan fingerprint density at radius 3 is 2.21 bits per heavy atom. The number of hydrogen-bond donors (Lipinski definition) is 2. The summed E-state index contributed by atoms with van der Waals surface area (Å²) in [5.74, 6) is -0.516. The van der Waals surface area contributed by atoms with Crippen LogP contribution < -0.4 is 10.6 Å². The lowest BCUT2D eigenvalue weighted by Crippen LogP contribution is -2.54. The van der Waals surface area contributed by atoms with Crippen LogP contribution in [-0.4, -0.2) is 79.2 Å². The van der Waals surface area contributed by atoms with Gasteiger partial charge in [-0.3, -0.25) is 9.80 Å². The number of benzene rings is 2. The van der Waals surface area contributed by atoms with Gasteiger partial charge in [-0.25, -0.2) is 9.18 Å². The molecule has 2 aromatic carbocycles. The summed E-state index contributed by atoms with van der Waals surface area (Å²) in [4.78, 5) is 19.6. The number of anilines is 1. The zero-order valence-electron chi connectivity index (χ0n) is 19.4. The van der Waals surface area contributed by atoms with Crippen molar-refractivity contribution in [2.24, 2.45) is 10.9 Å². The van der Waals surface area contributed by atoms with E-state index in [0.29, 0.717) is 11.6 Å². The fraction of sp³-hybridized carbons (Fsp3) is 0.440. The highest BCUT2D eigenvalue weighted by Crippen LogP contribution is 2.28. The topological polar surface area (TPSA) is 94.6 Å². The molecular weight excluding hydrogens is 437 g/mol. The molecule has 182 valence electrons. The molecule has 0 saturated carbocycles. The van der Waals surface area contributed by atoms with Crippen molar-refractivity contribution < 1.29 is 19.1 Å². The third-order valence-electron chi connectivity index (χ3n) is 6.94. The van der Waals surface area contributed by atoms with E-state index in [4.69, 9.17) is 15.7 Å². The number of nitrogens with zero attached hydrogens (tertiary/aromatic N) is 4. The van der Waals surface area contributed by atoms with Gasteiger partial charge in [0.25, 0.3) is 0 Å². The number of piperazine rings is 1. The van der Waals surface area contributed by atoms with Crippen LogP contribution in [0.15, 0.2) is 53.7 Å². The minimum absolute atomic E-state index is 0.108. The zero-order valence-corrected chi connectivity index (χ0v) is 19.4. The Morgan fingerprint density at radius 2 is 1.65 bits per heavy atom. The monoisotopic (exact) mass is 469 g/mol. The molecule has 0 aromatic heterocycles. The number of carbonyl (C=O) groups excluding carboxylic acids is 1. The molecule has 8 nitrogen and oxygen atoms in total. The van der Waals surface area contributed by atoms with Crippen LogP contribution in [0, 0.1) is 5.82 Å². The maximum Gasteiger partial charge on any atom is 0.327 e. The average molecular weight is 470 g/mol. The van der Waals surface area contributed by atoms with Crippen molar-refractivity contribution in [2.45, 2.75) is 24.9 Å². The Morgan fingerprint density at radius 1 is 1.03 bits per heavy atom. The first kappa shape index (κ1) is 24.0. The molecule has 1 unspecified atom stereocenters. The first-order valence-electron chi connectivity index (χ1n) is 11.6. The highest BCUT2D eigenvalue weighted by atomic mass is 19.1. The normalized spacial score (nSPS) is 19.7. The van der Waals surface area contributed by atoms with Gasteiger partial charge in [0.15, 0.2) is 5.84 Å². The number of methoxy groups -OCH3 is 1. The third kappa shape index (κ3) is 5.31. The number of likely N-dealkylation sites (tertiary alicyclic amines) is 1. The number of halogens is 1. The van der Waals surface area contributed by atoms with E-state index in [1.165, 1.54) is 19.2 Å². The summed E-state index contributed by atoms with van der Waals surface area (Å²) in [5.41, 5.74) is 8.24. The Balaban J connectivity index is 1.31. The molecule has 0 radical (unpaired) electrons. The van der Waals surface area contributed by atoms with E-state index in [1.54, 1.807) is 12.1 Å². The zero-order chi connectivity index (χ0) is 24.1. The maximum absolute atomic E-state index is 13.4. The molecule has 34 heavy (non-hydrogen) atoms. The number of rotatable bonds is 6. The van der Waals surface area contributed by atoms with Crippen LogP contribution in [0.1, 0.15) is 30.0 Å². The number of carbonyl (C=O) groups is 1. The molecule has 3 N–H and O–H groups in total. The number of esters is 1. The molecular formula is C25H32FN5O3. The van der Waals surface area contributed by atoms with Gasteiger partial charge in [0.1, 0.15) is 11.9 Å². The molecule has 2 fully saturated rings. The predicted octanol–water partition coefficient (Wildman–Crippen LogP) is 2.42. The molecule has 1 atom stereocenters. The minimum Gasteiger partial charge on any atom is -0.468 e. The Labute approximate surface area is 199 Å². The van der Waals surface area contributed by atoms with E-state index >= 15 is 0 Å². The van der Waals surface area contributed by atoms with E-state index < -0.39 is 6.04 Å². The molecule has 0 spiro atoms. The number of ether oxygens (including phenoxy) is 1. The first-order chi connectivity index (χ1) is 16.5. The van der Waals surface area contributed by atoms with Gasteiger partial charge >= 0.3 is 5.97 Å². The number of hydrogen-bond acceptors (Lipinski definition) is 7. The number of nitrogens with two attached hydrogens (primary N) is 1. The van der Waals surface area contributed by atoms with Gasteiger partial charge in [0, 0.05) is 56.6 Å². The standard InChI is InChI=1S/C25H32FN5O3/c1-34-25(32)23(18-2-6-20(26)7-3-18)31-12-10-22(11-13-31)30-16-14-29(15-17-30)21-8-4-19(5-9-21)24(27)28-33/h2-9,22-23,33H,10-17H2,1H3,(H2,27,28). The van der Waals surface area contributed by atoms with Crippen molar-refractivity contribution in [1.29, 1.82) is 0 Å². The quantitative estimate of drug-likeness (QED) is 0.221. The van der Waals surface area contributed by atoms with Crippen LogP contribution in [-0.2, 0) is 9.53 Å². The van der Waals surface area contributed by atoms with Gasteiger partial charge in [-0.15, -0.1) is 0 Å². The van der Waals surface area contributed by atoms with Gasteiger partial charge < -0.3 is 20.6 Å². The van der Waals surface area contributed by atoms with E-state index in [-0.39, 0.29) is 17.6 Å². The summed E-state index contributed by atoms with van der Waals surface area (Å²) >= 11 is 0. The van der Waals surface area contributed by atoms with Crippen molar-refractivity contribution in [1.82, 2.24) is 9.80 Å². The van der Waals surface area contributed by atoms with Crippen molar-refractivity contribution in [3.63, 3.8) is 0 Å². The van der Waals surface area contributed by atoms with E-state index in [0.717, 1.165) is 63.4 Å². The highest BCUT2D eigenvalue weighted by molar-refractivity contribution is 5.97. The van der Waals surface area contributed by atoms with Crippen molar-refractivity contribution in [3.8, 4) is 0 Å². The van der Waals surface area contributed by atoms with Gasteiger partial charge in [-0.2, -0.15) is 0 Å². The van der Waals surface area contributed by atoms with Gasteiger partial charge in [-0.1, -0.05) is 17.3 Å². The molecule has 0 bridgehead atoms. The summed E-state index contributed by atoms with van der Waals surface area (Å²) in [5, 5.41) is 11.9. The summed E-state index contributed by atoms with van der Waals surface area (Å²) in [6.45, 7) is 5.40. The van der Waals surface area contributed by atoms with Crippen LogP contribution in [0.2, 0.25) is 0 Å². The molecule has 0 aliphatic carbocycles. The van der Waals surface area contributed by atoms with Crippen molar-refractivity contribution in [3.05, 3.63) is 65.5 Å². The van der Waals surface area contributed by atoms with Crippen molar-refractivity contribution >= 4 is 17.5 Å². The van der Waals surface area contributed by atoms with E-state index in [2.05, 4.69) is 19.9 Å². The van der Waals surface area contributed by atoms with Gasteiger partial charge in [0.2, 0.25) is 0 Å². The second-order valence-corrected chi connectivity index (χ2v) is 8.80. The Kier molecular flexibility index (Phi) is 7.64. The smallest absolute Gasteiger partial charge is 0.327 e. The lowest BCUT2D eigenvalue weighted by Gasteiger charge is -2.44. The van der Waals surface area contributed by atoms with Crippen molar-refractivity contribution in [2.75, 3.05) is 51.3 Å².